The van der Waals surface area contributed by atoms with Gasteiger partial charge in [-0.05, 0) is 5.92 Å². The van der Waals surface area contributed by atoms with Crippen LogP contribution < -0.4 is 0 Å². The van der Waals surface area contributed by atoms with Crippen molar-refractivity contribution in [1.29, 1.82) is 0 Å². The molecule has 0 aliphatic rings. The number of alkyl halides is 2. The lowest BCUT2D eigenvalue weighted by Gasteiger charge is -2.07. The highest BCUT2D eigenvalue weighted by molar-refractivity contribution is 9.12. The second-order valence-corrected chi connectivity index (χ2v) is 3.74. The van der Waals surface area contributed by atoms with Crippen LogP contribution in [0.25, 0.3) is 0 Å². The zero-order valence-electron chi connectivity index (χ0n) is 4.62. The van der Waals surface area contributed by atoms with Crippen LogP contribution in [0, 0.1) is 5.92 Å². The van der Waals surface area contributed by atoms with Crippen molar-refractivity contribution < 1.29 is 0 Å². The fourth-order valence-corrected chi connectivity index (χ4v) is 0.926. The average molecular weight is 230 g/mol. The van der Waals surface area contributed by atoms with Gasteiger partial charge in [0.2, 0.25) is 0 Å². The Morgan fingerprint density at radius 1 is 1.43 bits per heavy atom. The molecular weight excluding hydrogens is 220 g/mol. The molecule has 0 N–H and O–H groups in total. The van der Waals surface area contributed by atoms with Crippen LogP contribution in [0.2, 0.25) is 0 Å². The molecule has 7 heavy (non-hydrogen) atoms. The number of rotatable bonds is 2. The molecule has 0 nitrogen and oxygen atoms in total. The van der Waals surface area contributed by atoms with Crippen molar-refractivity contribution in [1.82, 2.24) is 0 Å². The Morgan fingerprint density at radius 3 is 1.86 bits per heavy atom. The molecule has 0 aromatic carbocycles. The van der Waals surface area contributed by atoms with Gasteiger partial charge in [-0.1, -0.05) is 45.7 Å². The smallest absolute Gasteiger partial charge is 0.0265 e. The maximum atomic E-state index is 3.49. The topological polar surface area (TPSA) is 0 Å². The Morgan fingerprint density at radius 2 is 1.86 bits per heavy atom. The molecule has 0 aliphatic heterocycles. The van der Waals surface area contributed by atoms with Gasteiger partial charge in [0.1, 0.15) is 0 Å². The quantitative estimate of drug-likeness (QED) is 0.639. The third-order valence-corrected chi connectivity index (χ3v) is 3.82. The molecule has 0 aromatic heterocycles. The zero-order valence-corrected chi connectivity index (χ0v) is 7.79. The van der Waals surface area contributed by atoms with Gasteiger partial charge in [0.15, 0.2) is 0 Å². The van der Waals surface area contributed by atoms with Crippen molar-refractivity contribution in [2.75, 3.05) is 5.33 Å². The summed E-state index contributed by atoms with van der Waals surface area (Å²) in [5, 5.41) is 1.05. The van der Waals surface area contributed by atoms with E-state index in [0.29, 0.717) is 4.83 Å². The molecular formula is C5H10Br2. The van der Waals surface area contributed by atoms with Gasteiger partial charge in [-0.2, -0.15) is 0 Å². The molecule has 0 aromatic rings. The summed E-state index contributed by atoms with van der Waals surface area (Å²) in [5.74, 6) is 0.736. The third-order valence-electron chi connectivity index (χ3n) is 0.871. The van der Waals surface area contributed by atoms with Crippen molar-refractivity contribution in [3.05, 3.63) is 0 Å². The van der Waals surface area contributed by atoms with Crippen molar-refractivity contribution >= 4 is 31.9 Å². The minimum Gasteiger partial charge on any atom is -0.0916 e. The second kappa shape index (κ2) is 3.90. The van der Waals surface area contributed by atoms with Crippen molar-refractivity contribution in [2.24, 2.45) is 5.92 Å². The summed E-state index contributed by atoms with van der Waals surface area (Å²) in [6, 6.07) is 0. The van der Waals surface area contributed by atoms with Crippen LogP contribution in [0.5, 0.6) is 0 Å². The molecule has 0 bridgehead atoms. The zero-order chi connectivity index (χ0) is 5.86. The normalized spacial score (nSPS) is 15.0. The van der Waals surface area contributed by atoms with E-state index in [1.165, 1.54) is 0 Å². The Hall–Kier alpha value is 0.960. The number of halogens is 2. The molecule has 1 atom stereocenters. The highest BCUT2D eigenvalue weighted by Gasteiger charge is 2.04. The first-order chi connectivity index (χ1) is 3.18. The highest BCUT2D eigenvalue weighted by atomic mass is 79.9. The molecule has 0 radical (unpaired) electrons. The third kappa shape index (κ3) is 3.53. The van der Waals surface area contributed by atoms with Gasteiger partial charge in [-0.25, -0.2) is 0 Å². The van der Waals surface area contributed by atoms with E-state index in [4.69, 9.17) is 0 Å². The van der Waals surface area contributed by atoms with E-state index in [-0.39, 0.29) is 0 Å². The average Bonchev–Trinajstić information content (AvgIpc) is 1.65. The molecule has 0 fully saturated rings. The van der Waals surface area contributed by atoms with Gasteiger partial charge in [-0.3, -0.25) is 0 Å². The SMILES string of the molecule is CC(C)C(Br)CBr. The summed E-state index contributed by atoms with van der Waals surface area (Å²) < 4.78 is 0. The van der Waals surface area contributed by atoms with Crippen LogP contribution in [-0.4, -0.2) is 10.2 Å². The van der Waals surface area contributed by atoms with E-state index < -0.39 is 0 Å². The Kier molecular flexibility index (Phi) is 4.44. The first-order valence-corrected chi connectivity index (χ1v) is 4.42. The van der Waals surface area contributed by atoms with Crippen LogP contribution in [0.3, 0.4) is 0 Å². The molecule has 0 aliphatic carbocycles. The van der Waals surface area contributed by atoms with Crippen LogP contribution in [0.4, 0.5) is 0 Å². The summed E-state index contributed by atoms with van der Waals surface area (Å²) in [4.78, 5) is 0.632. The largest absolute Gasteiger partial charge is 0.0916 e. The van der Waals surface area contributed by atoms with Crippen molar-refractivity contribution in [2.45, 2.75) is 18.7 Å². The molecule has 0 heterocycles. The van der Waals surface area contributed by atoms with Crippen LogP contribution in [0.15, 0.2) is 0 Å². The van der Waals surface area contributed by atoms with Gasteiger partial charge in [0.05, 0.1) is 0 Å². The van der Waals surface area contributed by atoms with Crippen LogP contribution in [-0.2, 0) is 0 Å². The van der Waals surface area contributed by atoms with Gasteiger partial charge < -0.3 is 0 Å². The minimum absolute atomic E-state index is 0.632. The van der Waals surface area contributed by atoms with Crippen molar-refractivity contribution in [3.8, 4) is 0 Å². The predicted molar refractivity (Wildman–Crippen MR) is 41.3 cm³/mol. The molecule has 2 heteroatoms. The molecule has 0 saturated carbocycles. The van der Waals surface area contributed by atoms with Gasteiger partial charge in [0, 0.05) is 10.2 Å². The Balaban J connectivity index is 3.14. The van der Waals surface area contributed by atoms with Gasteiger partial charge >= 0.3 is 0 Å². The summed E-state index contributed by atoms with van der Waals surface area (Å²) >= 11 is 6.86. The maximum absolute atomic E-state index is 3.49. The fraction of sp³-hybridized carbons (Fsp3) is 1.00. The Labute approximate surface area is 61.9 Å². The lowest BCUT2D eigenvalue weighted by atomic mass is 10.2. The fourth-order valence-electron chi connectivity index (χ4n) is 0.178. The molecule has 0 saturated heterocycles. The second-order valence-electron chi connectivity index (χ2n) is 1.91. The predicted octanol–water partition coefficient (Wildman–Crippen LogP) is 2.80. The lowest BCUT2D eigenvalue weighted by Crippen LogP contribution is -2.07. The lowest BCUT2D eigenvalue weighted by molar-refractivity contribution is 0.659. The Bertz CT molecular complexity index is 43.3. The van der Waals surface area contributed by atoms with E-state index in [0.717, 1.165) is 11.2 Å². The number of hydrogen-bond acceptors (Lipinski definition) is 0. The van der Waals surface area contributed by atoms with Gasteiger partial charge in [-0.15, -0.1) is 0 Å². The van der Waals surface area contributed by atoms with E-state index in [9.17, 15) is 0 Å². The molecule has 1 unspecified atom stereocenters. The summed E-state index contributed by atoms with van der Waals surface area (Å²) in [5.41, 5.74) is 0. The standard InChI is InChI=1S/C5H10Br2/c1-4(2)5(7)3-6/h4-5H,3H2,1-2H3. The van der Waals surface area contributed by atoms with E-state index in [2.05, 4.69) is 45.7 Å². The number of hydrogen-bond donors (Lipinski definition) is 0. The van der Waals surface area contributed by atoms with Gasteiger partial charge in [0.25, 0.3) is 0 Å². The summed E-state index contributed by atoms with van der Waals surface area (Å²) in [6.07, 6.45) is 0. The first-order valence-electron chi connectivity index (χ1n) is 2.38. The van der Waals surface area contributed by atoms with Crippen molar-refractivity contribution in [3.63, 3.8) is 0 Å². The monoisotopic (exact) mass is 228 g/mol. The van der Waals surface area contributed by atoms with E-state index >= 15 is 0 Å². The molecule has 0 amide bonds. The van der Waals surface area contributed by atoms with E-state index in [1.54, 1.807) is 0 Å². The minimum atomic E-state index is 0.632. The molecule has 0 rings (SSSR count). The summed E-state index contributed by atoms with van der Waals surface area (Å²) in [6.45, 7) is 4.39. The van der Waals surface area contributed by atoms with Crippen LogP contribution in [0.1, 0.15) is 13.8 Å². The maximum Gasteiger partial charge on any atom is 0.0265 e. The first kappa shape index (κ1) is 7.96. The molecule has 44 valence electrons. The molecule has 0 spiro atoms. The van der Waals surface area contributed by atoms with Crippen LogP contribution >= 0.6 is 31.9 Å². The highest BCUT2D eigenvalue weighted by Crippen LogP contribution is 2.13. The summed E-state index contributed by atoms with van der Waals surface area (Å²) in [7, 11) is 0. The van der Waals surface area contributed by atoms with E-state index in [1.807, 2.05) is 0 Å².